The molecule has 5 rings (SSSR count). The Morgan fingerprint density at radius 2 is 1.97 bits per heavy atom. The Bertz CT molecular complexity index is 1090. The zero-order valence-electron chi connectivity index (χ0n) is 18.9. The van der Waals surface area contributed by atoms with Crippen molar-refractivity contribution in [2.24, 2.45) is 0 Å². The summed E-state index contributed by atoms with van der Waals surface area (Å²) in [7, 11) is 0. The molecule has 2 fully saturated rings. The monoisotopic (exact) mass is 436 g/mol. The molecule has 0 radical (unpaired) electrons. The first-order valence-electron chi connectivity index (χ1n) is 11.7. The number of anilines is 1. The normalized spacial score (nSPS) is 20.2. The number of benzene rings is 1. The topological polar surface area (TPSA) is 88.3 Å². The summed E-state index contributed by atoms with van der Waals surface area (Å²) in [6.07, 6.45) is 4.82. The molecule has 8 heteroatoms. The second-order valence-corrected chi connectivity index (χ2v) is 8.82. The van der Waals surface area contributed by atoms with Crippen LogP contribution in [0.15, 0.2) is 24.4 Å². The number of fused-ring (bicyclic) bond motifs is 1. The number of rotatable bonds is 5. The number of piperidine rings is 1. The SMILES string of the molecule is CCc1nc(N2CCO[C@H](CO)C2)cc(-n2ncc3cc(C)c(C4CCNCC4)cc32)n1. The Morgan fingerprint density at radius 1 is 1.16 bits per heavy atom. The van der Waals surface area contributed by atoms with Crippen molar-refractivity contribution in [3.63, 3.8) is 0 Å². The van der Waals surface area contributed by atoms with Crippen LogP contribution in [0.5, 0.6) is 0 Å². The predicted octanol–water partition coefficient (Wildman–Crippen LogP) is 2.35. The minimum absolute atomic E-state index is 0.0116. The summed E-state index contributed by atoms with van der Waals surface area (Å²) in [5.41, 5.74) is 3.85. The number of aliphatic hydroxyl groups excluding tert-OH is 1. The summed E-state index contributed by atoms with van der Waals surface area (Å²) in [5, 5.41) is 18.8. The van der Waals surface area contributed by atoms with Gasteiger partial charge in [-0.3, -0.25) is 0 Å². The number of aryl methyl sites for hydroxylation is 2. The van der Waals surface area contributed by atoms with Gasteiger partial charge in [-0.1, -0.05) is 6.92 Å². The number of hydrogen-bond acceptors (Lipinski definition) is 7. The molecule has 0 saturated carbocycles. The number of nitrogens with one attached hydrogen (secondary N) is 1. The number of aromatic nitrogens is 4. The highest BCUT2D eigenvalue weighted by Crippen LogP contribution is 2.32. The van der Waals surface area contributed by atoms with Crippen LogP contribution in [0.1, 0.15) is 42.6 Å². The van der Waals surface area contributed by atoms with E-state index < -0.39 is 0 Å². The molecule has 2 N–H and O–H groups in total. The molecule has 170 valence electrons. The van der Waals surface area contributed by atoms with Crippen LogP contribution < -0.4 is 10.2 Å². The molecule has 8 nitrogen and oxygen atoms in total. The number of morpholine rings is 1. The standard InChI is InChI=1S/C24H32N6O2/c1-3-22-27-23(29-8-9-32-19(14-29)15-31)12-24(28-22)30-21-11-20(17-4-6-25-7-5-17)16(2)10-18(21)13-26-30/h10-13,17,19,25,31H,3-9,14-15H2,1-2H3/t19-/m0/s1. The van der Waals surface area contributed by atoms with Crippen molar-refractivity contribution in [1.82, 2.24) is 25.1 Å². The van der Waals surface area contributed by atoms with Gasteiger partial charge in [0.2, 0.25) is 0 Å². The third-order valence-electron chi connectivity index (χ3n) is 6.68. The average molecular weight is 437 g/mol. The van der Waals surface area contributed by atoms with Crippen LogP contribution in [-0.2, 0) is 11.2 Å². The van der Waals surface area contributed by atoms with Crippen LogP contribution >= 0.6 is 0 Å². The van der Waals surface area contributed by atoms with E-state index in [0.29, 0.717) is 19.1 Å². The molecule has 2 aromatic heterocycles. The molecule has 32 heavy (non-hydrogen) atoms. The van der Waals surface area contributed by atoms with Gasteiger partial charge in [0.25, 0.3) is 0 Å². The van der Waals surface area contributed by atoms with E-state index in [9.17, 15) is 5.11 Å². The molecule has 3 aromatic rings. The molecular weight excluding hydrogens is 404 g/mol. The minimum Gasteiger partial charge on any atom is -0.394 e. The molecule has 0 spiro atoms. The van der Waals surface area contributed by atoms with Crippen molar-refractivity contribution in [2.45, 2.75) is 45.1 Å². The Morgan fingerprint density at radius 3 is 2.75 bits per heavy atom. The third kappa shape index (κ3) is 4.10. The zero-order valence-corrected chi connectivity index (χ0v) is 18.9. The lowest BCUT2D eigenvalue weighted by Crippen LogP contribution is -2.44. The highest BCUT2D eigenvalue weighted by molar-refractivity contribution is 5.82. The summed E-state index contributed by atoms with van der Waals surface area (Å²) in [6, 6.07) is 6.58. The van der Waals surface area contributed by atoms with Crippen LogP contribution in [0.2, 0.25) is 0 Å². The first-order valence-corrected chi connectivity index (χ1v) is 11.7. The lowest BCUT2D eigenvalue weighted by Gasteiger charge is -2.33. The van der Waals surface area contributed by atoms with Gasteiger partial charge in [-0.2, -0.15) is 5.10 Å². The van der Waals surface area contributed by atoms with E-state index in [0.717, 1.165) is 54.4 Å². The van der Waals surface area contributed by atoms with Gasteiger partial charge in [-0.05, 0) is 62.0 Å². The quantitative estimate of drug-likeness (QED) is 0.635. The molecule has 0 amide bonds. The average Bonchev–Trinajstić information content (AvgIpc) is 3.26. The Kier molecular flexibility index (Phi) is 6.08. The van der Waals surface area contributed by atoms with E-state index in [-0.39, 0.29) is 12.7 Å². The molecule has 1 atom stereocenters. The number of ether oxygens (including phenoxy) is 1. The molecule has 2 saturated heterocycles. The van der Waals surface area contributed by atoms with Gasteiger partial charge in [0.15, 0.2) is 5.82 Å². The lowest BCUT2D eigenvalue weighted by atomic mass is 9.87. The molecule has 0 bridgehead atoms. The number of nitrogens with zero attached hydrogens (tertiary/aromatic N) is 5. The molecule has 4 heterocycles. The molecule has 2 aliphatic rings. The van der Waals surface area contributed by atoms with Gasteiger partial charge in [0.1, 0.15) is 11.6 Å². The largest absolute Gasteiger partial charge is 0.394 e. The van der Waals surface area contributed by atoms with Crippen molar-refractivity contribution in [2.75, 3.05) is 44.3 Å². The van der Waals surface area contributed by atoms with Crippen molar-refractivity contribution >= 4 is 16.7 Å². The van der Waals surface area contributed by atoms with Gasteiger partial charge in [0.05, 0.1) is 31.0 Å². The summed E-state index contributed by atoms with van der Waals surface area (Å²) in [6.45, 7) is 8.38. The van der Waals surface area contributed by atoms with Crippen LogP contribution in [0.3, 0.4) is 0 Å². The van der Waals surface area contributed by atoms with E-state index in [2.05, 4.69) is 36.2 Å². The van der Waals surface area contributed by atoms with E-state index in [1.807, 2.05) is 16.9 Å². The first kappa shape index (κ1) is 21.3. The molecule has 0 unspecified atom stereocenters. The van der Waals surface area contributed by atoms with Crippen molar-refractivity contribution in [1.29, 1.82) is 0 Å². The maximum atomic E-state index is 9.53. The predicted molar refractivity (Wildman–Crippen MR) is 125 cm³/mol. The Hall–Kier alpha value is -2.55. The number of aliphatic hydroxyl groups is 1. The summed E-state index contributed by atoms with van der Waals surface area (Å²) in [5.74, 6) is 3.02. The van der Waals surface area contributed by atoms with Gasteiger partial charge in [0, 0.05) is 31.0 Å². The molecular formula is C24H32N6O2. The third-order valence-corrected chi connectivity index (χ3v) is 6.68. The van der Waals surface area contributed by atoms with Crippen LogP contribution in [-0.4, -0.2) is 70.4 Å². The van der Waals surface area contributed by atoms with E-state index >= 15 is 0 Å². The lowest BCUT2D eigenvalue weighted by molar-refractivity contribution is 0.00334. The van der Waals surface area contributed by atoms with Crippen LogP contribution in [0.25, 0.3) is 16.7 Å². The smallest absolute Gasteiger partial charge is 0.159 e. The maximum absolute atomic E-state index is 9.53. The Balaban J connectivity index is 1.55. The highest BCUT2D eigenvalue weighted by atomic mass is 16.5. The van der Waals surface area contributed by atoms with E-state index in [4.69, 9.17) is 19.8 Å². The molecule has 2 aliphatic heterocycles. The fourth-order valence-electron chi connectivity index (χ4n) is 4.90. The number of hydrogen-bond donors (Lipinski definition) is 2. The van der Waals surface area contributed by atoms with E-state index in [1.54, 1.807) is 0 Å². The summed E-state index contributed by atoms with van der Waals surface area (Å²) >= 11 is 0. The van der Waals surface area contributed by atoms with E-state index in [1.165, 1.54) is 24.0 Å². The highest BCUT2D eigenvalue weighted by Gasteiger charge is 2.23. The summed E-state index contributed by atoms with van der Waals surface area (Å²) < 4.78 is 7.57. The fraction of sp³-hybridized carbons (Fsp3) is 0.542. The van der Waals surface area contributed by atoms with Gasteiger partial charge >= 0.3 is 0 Å². The second kappa shape index (κ2) is 9.13. The maximum Gasteiger partial charge on any atom is 0.159 e. The second-order valence-electron chi connectivity index (χ2n) is 8.82. The fourth-order valence-corrected chi connectivity index (χ4v) is 4.90. The zero-order chi connectivity index (χ0) is 22.1. The van der Waals surface area contributed by atoms with Crippen molar-refractivity contribution in [3.8, 4) is 5.82 Å². The summed E-state index contributed by atoms with van der Waals surface area (Å²) in [4.78, 5) is 11.8. The van der Waals surface area contributed by atoms with Gasteiger partial charge in [-0.25, -0.2) is 14.6 Å². The first-order chi connectivity index (χ1) is 15.7. The van der Waals surface area contributed by atoms with Crippen LogP contribution in [0, 0.1) is 6.92 Å². The molecule has 0 aliphatic carbocycles. The van der Waals surface area contributed by atoms with Gasteiger partial charge in [-0.15, -0.1) is 0 Å². The van der Waals surface area contributed by atoms with Crippen molar-refractivity contribution in [3.05, 3.63) is 41.3 Å². The Labute approximate surface area is 188 Å². The van der Waals surface area contributed by atoms with Crippen molar-refractivity contribution < 1.29 is 9.84 Å². The molecule has 1 aromatic carbocycles. The van der Waals surface area contributed by atoms with Gasteiger partial charge < -0.3 is 20.1 Å². The van der Waals surface area contributed by atoms with Crippen LogP contribution in [0.4, 0.5) is 5.82 Å². The minimum atomic E-state index is -0.187.